The van der Waals surface area contributed by atoms with Gasteiger partial charge in [0.25, 0.3) is 0 Å². The van der Waals surface area contributed by atoms with E-state index in [9.17, 15) is 9.18 Å². The van der Waals surface area contributed by atoms with Crippen LogP contribution in [-0.4, -0.2) is 17.9 Å². The number of carbonyl (C=O) groups excluding carboxylic acids is 1. The van der Waals surface area contributed by atoms with Crippen LogP contribution in [0.4, 0.5) is 4.39 Å². The SMILES string of the molecule is COc1ccc(-c2[nH]c3ccc(F)cc3c2C(C)=O)cc1. The Bertz CT molecular complexity index is 819. The molecule has 0 saturated carbocycles. The first kappa shape index (κ1) is 13.4. The molecule has 106 valence electrons. The molecule has 3 rings (SSSR count). The van der Waals surface area contributed by atoms with Crippen molar-refractivity contribution in [2.45, 2.75) is 6.92 Å². The van der Waals surface area contributed by atoms with Gasteiger partial charge in [0.2, 0.25) is 0 Å². The second-order valence-corrected chi connectivity index (χ2v) is 4.85. The van der Waals surface area contributed by atoms with Crippen LogP contribution in [0.15, 0.2) is 42.5 Å². The molecule has 2 aromatic carbocycles. The lowest BCUT2D eigenvalue weighted by atomic mass is 10.0. The van der Waals surface area contributed by atoms with E-state index in [-0.39, 0.29) is 11.6 Å². The number of H-pyrrole nitrogens is 1. The highest BCUT2D eigenvalue weighted by molar-refractivity contribution is 6.12. The number of halogens is 1. The van der Waals surface area contributed by atoms with Crippen molar-refractivity contribution in [3.05, 3.63) is 53.8 Å². The van der Waals surface area contributed by atoms with Crippen molar-refractivity contribution in [3.63, 3.8) is 0 Å². The van der Waals surface area contributed by atoms with Crippen molar-refractivity contribution in [2.24, 2.45) is 0 Å². The summed E-state index contributed by atoms with van der Waals surface area (Å²) in [5, 5.41) is 0.605. The van der Waals surface area contributed by atoms with Gasteiger partial charge in [-0.25, -0.2) is 4.39 Å². The Labute approximate surface area is 121 Å². The summed E-state index contributed by atoms with van der Waals surface area (Å²) < 4.78 is 18.6. The number of rotatable bonds is 3. The molecule has 1 aromatic heterocycles. The zero-order valence-corrected chi connectivity index (χ0v) is 11.7. The Hall–Kier alpha value is -2.62. The molecule has 0 aliphatic rings. The van der Waals surface area contributed by atoms with Gasteiger partial charge < -0.3 is 9.72 Å². The molecule has 0 aliphatic heterocycles. The van der Waals surface area contributed by atoms with Crippen molar-refractivity contribution in [1.82, 2.24) is 4.98 Å². The number of aromatic nitrogens is 1. The lowest BCUT2D eigenvalue weighted by Gasteiger charge is -2.04. The number of aromatic amines is 1. The highest BCUT2D eigenvalue weighted by atomic mass is 19.1. The fourth-order valence-electron chi connectivity index (χ4n) is 2.50. The van der Waals surface area contributed by atoms with Crippen LogP contribution in [0.1, 0.15) is 17.3 Å². The summed E-state index contributed by atoms with van der Waals surface area (Å²) in [4.78, 5) is 15.2. The quantitative estimate of drug-likeness (QED) is 0.732. The molecule has 0 fully saturated rings. The number of ketones is 1. The lowest BCUT2D eigenvalue weighted by Crippen LogP contribution is -1.94. The first-order valence-electron chi connectivity index (χ1n) is 6.56. The smallest absolute Gasteiger partial charge is 0.162 e. The van der Waals surface area contributed by atoms with E-state index in [1.807, 2.05) is 24.3 Å². The lowest BCUT2D eigenvalue weighted by molar-refractivity contribution is 0.102. The van der Waals surface area contributed by atoms with Crippen LogP contribution in [0.3, 0.4) is 0 Å². The predicted molar refractivity (Wildman–Crippen MR) is 80.2 cm³/mol. The van der Waals surface area contributed by atoms with Gasteiger partial charge in [0.15, 0.2) is 5.78 Å². The van der Waals surface area contributed by atoms with E-state index < -0.39 is 0 Å². The maximum atomic E-state index is 13.4. The van der Waals surface area contributed by atoms with Crippen LogP contribution in [-0.2, 0) is 0 Å². The molecule has 0 saturated heterocycles. The van der Waals surface area contributed by atoms with E-state index in [2.05, 4.69) is 4.98 Å². The van der Waals surface area contributed by atoms with Gasteiger partial charge >= 0.3 is 0 Å². The number of methoxy groups -OCH3 is 1. The molecule has 0 unspecified atom stereocenters. The normalized spacial score (nSPS) is 10.8. The number of nitrogens with one attached hydrogen (secondary N) is 1. The van der Waals surface area contributed by atoms with Gasteiger partial charge in [0.1, 0.15) is 11.6 Å². The van der Waals surface area contributed by atoms with Crippen LogP contribution in [0.5, 0.6) is 5.75 Å². The van der Waals surface area contributed by atoms with Gasteiger partial charge in [0.05, 0.1) is 18.4 Å². The molecule has 0 atom stereocenters. The minimum absolute atomic E-state index is 0.0994. The van der Waals surface area contributed by atoms with E-state index in [1.54, 1.807) is 13.2 Å². The Morgan fingerprint density at radius 1 is 1.14 bits per heavy atom. The summed E-state index contributed by atoms with van der Waals surface area (Å²) in [6, 6.07) is 11.8. The Morgan fingerprint density at radius 3 is 2.48 bits per heavy atom. The van der Waals surface area contributed by atoms with Crippen LogP contribution in [0, 0.1) is 5.82 Å². The second-order valence-electron chi connectivity index (χ2n) is 4.85. The molecule has 0 bridgehead atoms. The van der Waals surface area contributed by atoms with Gasteiger partial charge in [-0.15, -0.1) is 0 Å². The number of carbonyl (C=O) groups is 1. The molecule has 21 heavy (non-hydrogen) atoms. The molecule has 0 amide bonds. The Morgan fingerprint density at radius 2 is 1.86 bits per heavy atom. The fraction of sp³-hybridized carbons (Fsp3) is 0.118. The molecule has 0 radical (unpaired) electrons. The van der Waals surface area contributed by atoms with Gasteiger partial charge in [-0.3, -0.25) is 4.79 Å². The minimum Gasteiger partial charge on any atom is -0.497 e. The van der Waals surface area contributed by atoms with E-state index in [0.29, 0.717) is 16.6 Å². The Kier molecular flexibility index (Phi) is 3.22. The largest absolute Gasteiger partial charge is 0.497 e. The third-order valence-corrected chi connectivity index (χ3v) is 3.49. The first-order valence-corrected chi connectivity index (χ1v) is 6.56. The average Bonchev–Trinajstić information content (AvgIpc) is 2.86. The molecular formula is C17H14FNO2. The summed E-state index contributed by atoms with van der Waals surface area (Å²) >= 11 is 0. The van der Waals surface area contributed by atoms with Gasteiger partial charge in [0, 0.05) is 10.9 Å². The summed E-state index contributed by atoms with van der Waals surface area (Å²) in [6.07, 6.45) is 0. The summed E-state index contributed by atoms with van der Waals surface area (Å²) in [7, 11) is 1.60. The third-order valence-electron chi connectivity index (χ3n) is 3.49. The van der Waals surface area contributed by atoms with Crippen LogP contribution < -0.4 is 4.74 Å². The topological polar surface area (TPSA) is 42.1 Å². The fourth-order valence-corrected chi connectivity index (χ4v) is 2.50. The zero-order chi connectivity index (χ0) is 15.0. The monoisotopic (exact) mass is 283 g/mol. The average molecular weight is 283 g/mol. The summed E-state index contributed by atoms with van der Waals surface area (Å²) in [5.74, 6) is 0.285. The van der Waals surface area contributed by atoms with Gasteiger partial charge in [-0.05, 0) is 55.0 Å². The number of fused-ring (bicyclic) bond motifs is 1. The van der Waals surface area contributed by atoms with Crippen molar-refractivity contribution < 1.29 is 13.9 Å². The maximum absolute atomic E-state index is 13.4. The molecule has 3 nitrogen and oxygen atoms in total. The molecule has 3 aromatic rings. The highest BCUT2D eigenvalue weighted by Gasteiger charge is 2.17. The third kappa shape index (κ3) is 2.29. The Balaban J connectivity index is 2.25. The molecular weight excluding hydrogens is 269 g/mol. The minimum atomic E-state index is -0.356. The molecule has 1 heterocycles. The van der Waals surface area contributed by atoms with E-state index in [1.165, 1.54) is 19.1 Å². The van der Waals surface area contributed by atoms with Gasteiger partial charge in [-0.1, -0.05) is 0 Å². The molecule has 1 N–H and O–H groups in total. The number of benzene rings is 2. The summed E-state index contributed by atoms with van der Waals surface area (Å²) in [5.41, 5.74) is 2.81. The number of hydrogen-bond donors (Lipinski definition) is 1. The van der Waals surface area contributed by atoms with Crippen molar-refractivity contribution in [2.75, 3.05) is 7.11 Å². The molecule has 0 spiro atoms. The molecule has 4 heteroatoms. The molecule has 0 aliphatic carbocycles. The van der Waals surface area contributed by atoms with Crippen molar-refractivity contribution in [1.29, 1.82) is 0 Å². The number of hydrogen-bond acceptors (Lipinski definition) is 2. The van der Waals surface area contributed by atoms with E-state index in [0.717, 1.165) is 16.8 Å². The van der Waals surface area contributed by atoms with Gasteiger partial charge in [-0.2, -0.15) is 0 Å². The summed E-state index contributed by atoms with van der Waals surface area (Å²) in [6.45, 7) is 1.49. The van der Waals surface area contributed by atoms with Crippen molar-refractivity contribution >= 4 is 16.7 Å². The number of ether oxygens (including phenoxy) is 1. The predicted octanol–water partition coefficient (Wildman–Crippen LogP) is 4.19. The van der Waals surface area contributed by atoms with E-state index in [4.69, 9.17) is 4.74 Å². The van der Waals surface area contributed by atoms with Crippen molar-refractivity contribution in [3.8, 4) is 17.0 Å². The van der Waals surface area contributed by atoms with Crippen LogP contribution in [0.2, 0.25) is 0 Å². The number of Topliss-reactive ketones (excluding diaryl/α,β-unsaturated/α-hetero) is 1. The van der Waals surface area contributed by atoms with Crippen LogP contribution >= 0.6 is 0 Å². The second kappa shape index (κ2) is 5.05. The highest BCUT2D eigenvalue weighted by Crippen LogP contribution is 2.32. The maximum Gasteiger partial charge on any atom is 0.162 e. The zero-order valence-electron chi connectivity index (χ0n) is 11.7. The first-order chi connectivity index (χ1) is 10.1. The standard InChI is InChI=1S/C17H14FNO2/c1-10(20)16-14-9-12(18)5-8-15(14)19-17(16)11-3-6-13(21-2)7-4-11/h3-9,19H,1-2H3. The van der Waals surface area contributed by atoms with E-state index >= 15 is 0 Å². The van der Waals surface area contributed by atoms with Crippen LogP contribution in [0.25, 0.3) is 22.2 Å².